The molecule has 0 aliphatic rings. The van der Waals surface area contributed by atoms with Crippen LogP contribution in [-0.4, -0.2) is 17.5 Å². The first-order valence-electron chi connectivity index (χ1n) is 7.97. The lowest BCUT2D eigenvalue weighted by molar-refractivity contribution is 0.0943. The van der Waals surface area contributed by atoms with Gasteiger partial charge in [-0.3, -0.25) is 0 Å². The molecule has 4 heteroatoms. The van der Waals surface area contributed by atoms with Crippen LogP contribution in [0.3, 0.4) is 0 Å². The molecule has 0 spiro atoms. The number of allylic oxidation sites excluding steroid dienone is 1. The van der Waals surface area contributed by atoms with Gasteiger partial charge in [0.05, 0.1) is 0 Å². The van der Waals surface area contributed by atoms with E-state index in [9.17, 15) is 4.79 Å². The minimum Gasteiger partial charge on any atom is -0.445 e. The molecule has 0 heterocycles. The van der Waals surface area contributed by atoms with E-state index in [2.05, 4.69) is 22.0 Å². The van der Waals surface area contributed by atoms with E-state index in [-0.39, 0.29) is 12.7 Å². The Hall–Kier alpha value is -2.07. The molecule has 3 nitrogen and oxygen atoms in total. The van der Waals surface area contributed by atoms with Crippen molar-refractivity contribution in [2.75, 3.05) is 6.54 Å². The van der Waals surface area contributed by atoms with Gasteiger partial charge in [0.15, 0.2) is 0 Å². The van der Waals surface area contributed by atoms with Crippen LogP contribution in [0.25, 0.3) is 0 Å². The van der Waals surface area contributed by atoms with Crippen LogP contribution in [0.15, 0.2) is 71.2 Å². The molecule has 0 N–H and O–H groups in total. The molecule has 0 atom stereocenters. The predicted octanol–water partition coefficient (Wildman–Crippen LogP) is 5.51. The summed E-state index contributed by atoms with van der Waals surface area (Å²) < 4.78 is 6.54. The summed E-state index contributed by atoms with van der Waals surface area (Å²) in [6.45, 7) is 3.43. The third kappa shape index (κ3) is 6.59. The van der Waals surface area contributed by atoms with Crippen molar-refractivity contribution in [1.82, 2.24) is 4.90 Å². The lowest BCUT2D eigenvalue weighted by Gasteiger charge is -2.22. The van der Waals surface area contributed by atoms with Crippen molar-refractivity contribution in [3.05, 3.63) is 82.3 Å². The number of hydrogen-bond acceptors (Lipinski definition) is 2. The van der Waals surface area contributed by atoms with Crippen molar-refractivity contribution in [3.8, 4) is 0 Å². The zero-order valence-corrected chi connectivity index (χ0v) is 15.4. The molecule has 0 saturated carbocycles. The summed E-state index contributed by atoms with van der Waals surface area (Å²) in [5, 5.41) is 0. The van der Waals surface area contributed by atoms with Crippen LogP contribution < -0.4 is 0 Å². The summed E-state index contributed by atoms with van der Waals surface area (Å²) in [6.07, 6.45) is 2.55. The summed E-state index contributed by atoms with van der Waals surface area (Å²) in [5.74, 6) is 0. The molecule has 0 aliphatic carbocycles. The summed E-state index contributed by atoms with van der Waals surface area (Å²) in [4.78, 5) is 14.2. The molecule has 0 radical (unpaired) electrons. The van der Waals surface area contributed by atoms with Gasteiger partial charge in [-0.25, -0.2) is 4.79 Å². The molecule has 0 aromatic heterocycles. The smallest absolute Gasteiger partial charge is 0.410 e. The number of nitrogens with zero attached hydrogens (tertiary/aromatic N) is 1. The average Bonchev–Trinajstić information content (AvgIpc) is 2.60. The van der Waals surface area contributed by atoms with Gasteiger partial charge in [0.1, 0.15) is 6.61 Å². The number of amides is 1. The van der Waals surface area contributed by atoms with Crippen molar-refractivity contribution in [3.63, 3.8) is 0 Å². The lowest BCUT2D eigenvalue weighted by atomic mass is 10.2. The molecular weight excluding hydrogens is 366 g/mol. The van der Waals surface area contributed by atoms with Crippen LogP contribution in [0, 0.1) is 0 Å². The number of benzene rings is 2. The van der Waals surface area contributed by atoms with E-state index >= 15 is 0 Å². The van der Waals surface area contributed by atoms with Gasteiger partial charge in [0, 0.05) is 13.1 Å². The predicted molar refractivity (Wildman–Crippen MR) is 101 cm³/mol. The standard InChI is InChI=1S/C20H22BrNO2/c1-17(21)9-8-14-22(15-18-10-4-2-5-11-18)20(23)24-16-19-12-6-3-7-13-19/h2-7,9-13H,8,14-16H2,1H3/b17-9-. The average molecular weight is 388 g/mol. The summed E-state index contributed by atoms with van der Waals surface area (Å²) in [5.41, 5.74) is 2.08. The highest BCUT2D eigenvalue weighted by Gasteiger charge is 2.15. The Balaban J connectivity index is 1.97. The maximum Gasteiger partial charge on any atom is 0.410 e. The van der Waals surface area contributed by atoms with E-state index in [0.717, 1.165) is 22.0 Å². The molecule has 2 rings (SSSR count). The Morgan fingerprint density at radius 2 is 1.62 bits per heavy atom. The van der Waals surface area contributed by atoms with E-state index in [1.807, 2.05) is 67.6 Å². The van der Waals surface area contributed by atoms with Gasteiger partial charge in [-0.05, 0) is 29.0 Å². The second-order valence-electron chi connectivity index (χ2n) is 5.53. The highest BCUT2D eigenvalue weighted by molar-refractivity contribution is 9.11. The van der Waals surface area contributed by atoms with Gasteiger partial charge in [0.2, 0.25) is 0 Å². The molecule has 0 fully saturated rings. The molecule has 2 aromatic carbocycles. The van der Waals surface area contributed by atoms with Crippen molar-refractivity contribution in [2.24, 2.45) is 0 Å². The fourth-order valence-electron chi connectivity index (χ4n) is 2.27. The minimum atomic E-state index is -0.289. The number of rotatable bonds is 7. The molecule has 0 bridgehead atoms. The molecule has 0 saturated heterocycles. The number of carbonyl (C=O) groups is 1. The highest BCUT2D eigenvalue weighted by Crippen LogP contribution is 2.11. The third-order valence-electron chi connectivity index (χ3n) is 3.50. The van der Waals surface area contributed by atoms with Gasteiger partial charge >= 0.3 is 6.09 Å². The molecule has 0 aliphatic heterocycles. The summed E-state index contributed by atoms with van der Waals surface area (Å²) in [7, 11) is 0. The van der Waals surface area contributed by atoms with E-state index < -0.39 is 0 Å². The van der Waals surface area contributed by atoms with Gasteiger partial charge < -0.3 is 9.64 Å². The first kappa shape index (κ1) is 18.3. The Kier molecular flexibility index (Phi) is 7.56. The minimum absolute atomic E-state index is 0.289. The monoisotopic (exact) mass is 387 g/mol. The molecule has 2 aromatic rings. The number of halogens is 1. The van der Waals surface area contributed by atoms with E-state index in [1.54, 1.807) is 4.90 Å². The zero-order chi connectivity index (χ0) is 17.2. The summed E-state index contributed by atoms with van der Waals surface area (Å²) in [6, 6.07) is 19.7. The van der Waals surface area contributed by atoms with Crippen LogP contribution >= 0.6 is 15.9 Å². The van der Waals surface area contributed by atoms with E-state index in [4.69, 9.17) is 4.74 Å². The first-order valence-corrected chi connectivity index (χ1v) is 8.76. The van der Waals surface area contributed by atoms with E-state index in [1.165, 1.54) is 0 Å². The van der Waals surface area contributed by atoms with Crippen molar-refractivity contribution < 1.29 is 9.53 Å². The normalized spacial score (nSPS) is 11.2. The number of carbonyl (C=O) groups excluding carboxylic acids is 1. The maximum absolute atomic E-state index is 12.5. The van der Waals surface area contributed by atoms with Crippen LogP contribution in [-0.2, 0) is 17.9 Å². The number of hydrogen-bond donors (Lipinski definition) is 0. The second kappa shape index (κ2) is 9.93. The van der Waals surface area contributed by atoms with Crippen LogP contribution in [0.4, 0.5) is 4.79 Å². The topological polar surface area (TPSA) is 29.5 Å². The van der Waals surface area contributed by atoms with Gasteiger partial charge in [-0.15, -0.1) is 0 Å². The molecule has 24 heavy (non-hydrogen) atoms. The fraction of sp³-hybridized carbons (Fsp3) is 0.250. The van der Waals surface area contributed by atoms with Crippen molar-refractivity contribution >= 4 is 22.0 Å². The molecule has 126 valence electrons. The Bertz CT molecular complexity index is 652. The van der Waals surface area contributed by atoms with Crippen LogP contribution in [0.1, 0.15) is 24.5 Å². The number of ether oxygens (including phenoxy) is 1. The van der Waals surface area contributed by atoms with E-state index in [0.29, 0.717) is 13.1 Å². The largest absolute Gasteiger partial charge is 0.445 e. The fourth-order valence-corrected chi connectivity index (χ4v) is 2.50. The SMILES string of the molecule is C/C(Br)=C/CCN(Cc1ccccc1)C(=O)OCc1ccccc1. The Morgan fingerprint density at radius 1 is 1.04 bits per heavy atom. The summed E-state index contributed by atoms with van der Waals surface area (Å²) >= 11 is 3.42. The van der Waals surface area contributed by atoms with Crippen LogP contribution in [0.5, 0.6) is 0 Å². The quantitative estimate of drug-likeness (QED) is 0.626. The van der Waals surface area contributed by atoms with Gasteiger partial charge in [-0.2, -0.15) is 0 Å². The molecule has 1 amide bonds. The third-order valence-corrected chi connectivity index (χ3v) is 3.83. The Morgan fingerprint density at radius 3 is 2.21 bits per heavy atom. The van der Waals surface area contributed by atoms with Crippen molar-refractivity contribution in [2.45, 2.75) is 26.5 Å². The van der Waals surface area contributed by atoms with Crippen LogP contribution in [0.2, 0.25) is 0 Å². The van der Waals surface area contributed by atoms with Gasteiger partial charge in [0.25, 0.3) is 0 Å². The zero-order valence-electron chi connectivity index (χ0n) is 13.8. The van der Waals surface area contributed by atoms with Gasteiger partial charge in [-0.1, -0.05) is 82.7 Å². The van der Waals surface area contributed by atoms with Crippen molar-refractivity contribution in [1.29, 1.82) is 0 Å². The molecular formula is C20H22BrNO2. The highest BCUT2D eigenvalue weighted by atomic mass is 79.9. The maximum atomic E-state index is 12.5. The Labute approximate surface area is 152 Å². The molecule has 0 unspecified atom stereocenters. The second-order valence-corrected chi connectivity index (χ2v) is 6.78. The first-order chi connectivity index (χ1) is 11.6. The lowest BCUT2D eigenvalue weighted by Crippen LogP contribution is -2.31.